The Morgan fingerprint density at radius 3 is 2.62 bits per heavy atom. The number of anilines is 2. The van der Waals surface area contributed by atoms with Crippen LogP contribution in [-0.4, -0.2) is 48.0 Å². The molecular weight excluding hydrogens is 422 g/mol. The van der Waals surface area contributed by atoms with Crippen LogP contribution >= 0.6 is 11.6 Å². The minimum atomic E-state index is -0.261. The fraction of sp³-hybridized carbons (Fsp3) is 0.320. The molecule has 2 heterocycles. The zero-order chi connectivity index (χ0) is 22.1. The average molecular weight is 446 g/mol. The SMILES string of the molecule is N#Cc1cc(C(=O)Nc2ccc(Cl)c3cnccc23)ccc1N1CCN(C2CCC2)CC1. The lowest BCUT2D eigenvalue weighted by molar-refractivity contribution is 0.102. The van der Waals surface area contributed by atoms with Gasteiger partial charge in [0.1, 0.15) is 6.07 Å². The number of rotatable bonds is 4. The van der Waals surface area contributed by atoms with Crippen LogP contribution in [0.2, 0.25) is 5.02 Å². The number of benzene rings is 2. The van der Waals surface area contributed by atoms with Crippen LogP contribution in [0.5, 0.6) is 0 Å². The van der Waals surface area contributed by atoms with Gasteiger partial charge in [0.2, 0.25) is 0 Å². The van der Waals surface area contributed by atoms with E-state index in [2.05, 4.69) is 26.2 Å². The third kappa shape index (κ3) is 3.90. The number of nitrogens with one attached hydrogen (secondary N) is 1. The fourth-order valence-corrected chi connectivity index (χ4v) is 4.80. The average Bonchev–Trinajstić information content (AvgIpc) is 2.80. The van der Waals surface area contributed by atoms with Gasteiger partial charge in [0.25, 0.3) is 5.91 Å². The molecule has 0 spiro atoms. The highest BCUT2D eigenvalue weighted by Crippen LogP contribution is 2.31. The van der Waals surface area contributed by atoms with Crippen molar-refractivity contribution < 1.29 is 4.79 Å². The minimum Gasteiger partial charge on any atom is -0.368 e. The molecule has 7 heteroatoms. The second-order valence-corrected chi connectivity index (χ2v) is 8.83. The molecule has 2 fully saturated rings. The van der Waals surface area contributed by atoms with E-state index in [1.165, 1.54) is 19.3 Å². The lowest BCUT2D eigenvalue weighted by Crippen LogP contribution is -2.52. The van der Waals surface area contributed by atoms with E-state index >= 15 is 0 Å². The molecule has 0 radical (unpaired) electrons. The van der Waals surface area contributed by atoms with E-state index in [9.17, 15) is 10.1 Å². The molecule has 0 unspecified atom stereocenters. The number of nitrogens with zero attached hydrogens (tertiary/aromatic N) is 4. The summed E-state index contributed by atoms with van der Waals surface area (Å²) in [6.07, 6.45) is 7.32. The molecule has 1 aromatic heterocycles. The molecule has 0 bridgehead atoms. The van der Waals surface area contributed by atoms with Crippen molar-refractivity contribution in [2.24, 2.45) is 0 Å². The minimum absolute atomic E-state index is 0.261. The first kappa shape index (κ1) is 20.7. The predicted molar refractivity (Wildman–Crippen MR) is 127 cm³/mol. The van der Waals surface area contributed by atoms with E-state index in [-0.39, 0.29) is 5.91 Å². The maximum absolute atomic E-state index is 13.0. The van der Waals surface area contributed by atoms with Gasteiger partial charge in [-0.2, -0.15) is 5.26 Å². The summed E-state index contributed by atoms with van der Waals surface area (Å²) >= 11 is 6.25. The number of aromatic nitrogens is 1. The van der Waals surface area contributed by atoms with Crippen molar-refractivity contribution in [3.05, 3.63) is 64.9 Å². The Hall–Kier alpha value is -3.14. The van der Waals surface area contributed by atoms with Gasteiger partial charge in [0, 0.05) is 66.6 Å². The Morgan fingerprint density at radius 1 is 1.09 bits per heavy atom. The van der Waals surface area contributed by atoms with Gasteiger partial charge in [-0.3, -0.25) is 14.7 Å². The molecule has 1 N–H and O–H groups in total. The smallest absolute Gasteiger partial charge is 0.255 e. The van der Waals surface area contributed by atoms with Crippen LogP contribution < -0.4 is 10.2 Å². The highest BCUT2D eigenvalue weighted by molar-refractivity contribution is 6.36. The molecule has 1 saturated heterocycles. The van der Waals surface area contributed by atoms with Crippen LogP contribution in [0.15, 0.2) is 48.8 Å². The van der Waals surface area contributed by atoms with Gasteiger partial charge in [-0.05, 0) is 49.2 Å². The Bertz CT molecular complexity index is 1210. The predicted octanol–water partition coefficient (Wildman–Crippen LogP) is 4.69. The van der Waals surface area contributed by atoms with Crippen molar-refractivity contribution >= 4 is 39.7 Å². The van der Waals surface area contributed by atoms with Gasteiger partial charge in [-0.15, -0.1) is 0 Å². The number of amides is 1. The van der Waals surface area contributed by atoms with Crippen LogP contribution in [-0.2, 0) is 0 Å². The number of pyridine rings is 1. The number of halogens is 1. The standard InChI is InChI=1S/C25H24ClN5O/c26-22-5-6-23(20-8-9-28-16-21(20)22)29-25(32)17-4-7-24(18(14-17)15-27)31-12-10-30(11-13-31)19-2-1-3-19/h4-9,14,16,19H,1-3,10-13H2,(H,29,32). The van der Waals surface area contributed by atoms with E-state index in [1.54, 1.807) is 36.7 Å². The molecule has 2 aromatic carbocycles. The summed E-state index contributed by atoms with van der Waals surface area (Å²) in [6.45, 7) is 3.86. The first-order valence-corrected chi connectivity index (χ1v) is 11.4. The van der Waals surface area contributed by atoms with Crippen LogP contribution in [0.25, 0.3) is 10.8 Å². The zero-order valence-corrected chi connectivity index (χ0v) is 18.5. The third-order valence-corrected chi connectivity index (χ3v) is 6.97. The van der Waals surface area contributed by atoms with Crippen molar-refractivity contribution in [1.29, 1.82) is 5.26 Å². The molecule has 162 valence electrons. The normalized spacial score (nSPS) is 17.1. The quantitative estimate of drug-likeness (QED) is 0.630. The molecule has 32 heavy (non-hydrogen) atoms. The maximum Gasteiger partial charge on any atom is 0.255 e. The van der Waals surface area contributed by atoms with Crippen molar-refractivity contribution in [1.82, 2.24) is 9.88 Å². The summed E-state index contributed by atoms with van der Waals surface area (Å²) in [4.78, 5) is 21.9. The number of piperazine rings is 1. The van der Waals surface area contributed by atoms with Crippen molar-refractivity contribution in [3.63, 3.8) is 0 Å². The third-order valence-electron chi connectivity index (χ3n) is 6.64. The highest BCUT2D eigenvalue weighted by Gasteiger charge is 2.28. The van der Waals surface area contributed by atoms with E-state index in [0.29, 0.717) is 21.8 Å². The second kappa shape index (κ2) is 8.78. The van der Waals surface area contributed by atoms with Crippen LogP contribution in [0.4, 0.5) is 11.4 Å². The van der Waals surface area contributed by atoms with Gasteiger partial charge >= 0.3 is 0 Å². The molecule has 6 nitrogen and oxygen atoms in total. The van der Waals surface area contributed by atoms with Gasteiger partial charge in [-0.25, -0.2) is 0 Å². The van der Waals surface area contributed by atoms with Gasteiger partial charge < -0.3 is 10.2 Å². The van der Waals surface area contributed by atoms with E-state index in [1.807, 2.05) is 12.1 Å². The van der Waals surface area contributed by atoms with Gasteiger partial charge in [0.15, 0.2) is 0 Å². The molecule has 1 amide bonds. The zero-order valence-electron chi connectivity index (χ0n) is 17.7. The number of carbonyl (C=O) groups is 1. The summed E-state index contributed by atoms with van der Waals surface area (Å²) in [5.41, 5.74) is 2.54. The number of fused-ring (bicyclic) bond motifs is 1. The molecule has 5 rings (SSSR count). The van der Waals surface area contributed by atoms with Crippen LogP contribution in [0, 0.1) is 11.3 Å². The molecule has 1 aliphatic heterocycles. The lowest BCUT2D eigenvalue weighted by atomic mass is 9.91. The van der Waals surface area contributed by atoms with E-state index in [4.69, 9.17) is 11.6 Å². The topological polar surface area (TPSA) is 72.3 Å². The Kier molecular flexibility index (Phi) is 5.69. The first-order chi connectivity index (χ1) is 15.6. The molecule has 1 aliphatic carbocycles. The van der Waals surface area contributed by atoms with Gasteiger partial charge in [-0.1, -0.05) is 18.0 Å². The summed E-state index contributed by atoms with van der Waals surface area (Å²) in [7, 11) is 0. The molecule has 2 aliphatic rings. The fourth-order valence-electron chi connectivity index (χ4n) is 4.58. The largest absolute Gasteiger partial charge is 0.368 e. The monoisotopic (exact) mass is 445 g/mol. The number of hydrogen-bond donors (Lipinski definition) is 1. The Morgan fingerprint density at radius 2 is 1.91 bits per heavy atom. The summed E-state index contributed by atoms with van der Waals surface area (Å²) in [5, 5.41) is 14.9. The Balaban J connectivity index is 1.33. The van der Waals surface area contributed by atoms with E-state index in [0.717, 1.165) is 48.7 Å². The van der Waals surface area contributed by atoms with Gasteiger partial charge in [0.05, 0.1) is 16.3 Å². The van der Waals surface area contributed by atoms with Crippen LogP contribution in [0.3, 0.4) is 0 Å². The summed E-state index contributed by atoms with van der Waals surface area (Å²) in [6, 6.07) is 13.8. The maximum atomic E-state index is 13.0. The number of nitriles is 1. The molecule has 0 atom stereocenters. The van der Waals surface area contributed by atoms with Crippen molar-refractivity contribution in [2.75, 3.05) is 36.4 Å². The summed E-state index contributed by atoms with van der Waals surface area (Å²) < 4.78 is 0. The molecule has 1 saturated carbocycles. The molecule has 3 aromatic rings. The summed E-state index contributed by atoms with van der Waals surface area (Å²) in [5.74, 6) is -0.261. The highest BCUT2D eigenvalue weighted by atomic mass is 35.5. The molecular formula is C25H24ClN5O. The van der Waals surface area contributed by atoms with Crippen molar-refractivity contribution in [3.8, 4) is 6.07 Å². The lowest BCUT2D eigenvalue weighted by Gasteiger charge is -2.43. The Labute approximate surface area is 192 Å². The first-order valence-electron chi connectivity index (χ1n) is 11.0. The number of hydrogen-bond acceptors (Lipinski definition) is 5. The van der Waals surface area contributed by atoms with Crippen molar-refractivity contribution in [2.45, 2.75) is 25.3 Å². The number of carbonyl (C=O) groups excluding carboxylic acids is 1. The van der Waals surface area contributed by atoms with E-state index < -0.39 is 0 Å². The van der Waals surface area contributed by atoms with Crippen LogP contribution in [0.1, 0.15) is 35.2 Å². The second-order valence-electron chi connectivity index (χ2n) is 8.42.